The van der Waals surface area contributed by atoms with Crippen LogP contribution in [0.4, 0.5) is 10.1 Å². The Morgan fingerprint density at radius 1 is 1.20 bits per heavy atom. The second kappa shape index (κ2) is 6.82. The predicted octanol–water partition coefficient (Wildman–Crippen LogP) is 4.15. The number of rotatable bonds is 5. The molecule has 1 aromatic rings. The molecule has 0 aromatic heterocycles. The topological polar surface area (TPSA) is 44.5 Å². The lowest BCUT2D eigenvalue weighted by Crippen LogP contribution is -2.23. The molecule has 0 amide bonds. The zero-order chi connectivity index (χ0) is 14.5. The fourth-order valence-electron chi connectivity index (χ4n) is 2.50. The van der Waals surface area contributed by atoms with Crippen molar-refractivity contribution in [2.24, 2.45) is 5.92 Å². The number of halogens is 1. The van der Waals surface area contributed by atoms with E-state index in [1.807, 2.05) is 6.92 Å². The summed E-state index contributed by atoms with van der Waals surface area (Å²) in [5, 5.41) is 0. The van der Waals surface area contributed by atoms with Crippen LogP contribution in [0.25, 0.3) is 0 Å². The lowest BCUT2D eigenvalue weighted by molar-refractivity contribution is 0.135. The molecule has 0 saturated heterocycles. The molecule has 1 saturated carbocycles. The number of hydrogen-bond acceptors (Lipinski definition) is 3. The van der Waals surface area contributed by atoms with Gasteiger partial charge in [0.1, 0.15) is 5.75 Å². The van der Waals surface area contributed by atoms with Gasteiger partial charge in [-0.05, 0) is 38.0 Å². The first-order valence-electron chi connectivity index (χ1n) is 7.48. The van der Waals surface area contributed by atoms with Gasteiger partial charge in [0.05, 0.1) is 18.4 Å². The molecule has 0 spiro atoms. The van der Waals surface area contributed by atoms with Crippen molar-refractivity contribution in [3.63, 3.8) is 0 Å². The first-order chi connectivity index (χ1) is 9.60. The van der Waals surface area contributed by atoms with Crippen LogP contribution >= 0.6 is 0 Å². The van der Waals surface area contributed by atoms with E-state index in [1.165, 1.54) is 18.9 Å². The van der Waals surface area contributed by atoms with Gasteiger partial charge in [0, 0.05) is 12.1 Å². The monoisotopic (exact) mass is 281 g/mol. The van der Waals surface area contributed by atoms with Gasteiger partial charge in [-0.3, -0.25) is 0 Å². The van der Waals surface area contributed by atoms with E-state index in [9.17, 15) is 4.39 Å². The molecule has 1 aliphatic carbocycles. The van der Waals surface area contributed by atoms with E-state index in [4.69, 9.17) is 15.2 Å². The van der Waals surface area contributed by atoms with Crippen LogP contribution < -0.4 is 15.2 Å². The molecule has 2 N–H and O–H groups in total. The highest BCUT2D eigenvalue weighted by Crippen LogP contribution is 2.34. The summed E-state index contributed by atoms with van der Waals surface area (Å²) in [6.45, 7) is 4.73. The van der Waals surface area contributed by atoms with Crippen LogP contribution in [-0.2, 0) is 0 Å². The summed E-state index contributed by atoms with van der Waals surface area (Å²) in [4.78, 5) is 0. The quantitative estimate of drug-likeness (QED) is 0.824. The number of nitrogens with two attached hydrogens (primary N) is 1. The SMILES string of the molecule is CCCOc1cc(OC2CCC(C)CC2)c(N)cc1F. The highest BCUT2D eigenvalue weighted by Gasteiger charge is 2.21. The third-order valence-electron chi connectivity index (χ3n) is 3.78. The van der Waals surface area contributed by atoms with E-state index >= 15 is 0 Å². The van der Waals surface area contributed by atoms with Gasteiger partial charge in [0.15, 0.2) is 11.6 Å². The Kier molecular flexibility index (Phi) is 5.10. The highest BCUT2D eigenvalue weighted by molar-refractivity contribution is 5.56. The third-order valence-corrected chi connectivity index (χ3v) is 3.78. The van der Waals surface area contributed by atoms with E-state index in [2.05, 4.69) is 6.92 Å². The molecule has 112 valence electrons. The molecule has 0 atom stereocenters. The van der Waals surface area contributed by atoms with E-state index in [1.54, 1.807) is 6.07 Å². The van der Waals surface area contributed by atoms with Gasteiger partial charge in [0.2, 0.25) is 0 Å². The molecular weight excluding hydrogens is 257 g/mol. The number of ether oxygens (including phenoxy) is 2. The van der Waals surface area contributed by atoms with Gasteiger partial charge >= 0.3 is 0 Å². The molecule has 3 nitrogen and oxygen atoms in total. The van der Waals surface area contributed by atoms with Crippen molar-refractivity contribution in [3.05, 3.63) is 17.9 Å². The smallest absolute Gasteiger partial charge is 0.167 e. The number of nitrogen functional groups attached to an aromatic ring is 1. The summed E-state index contributed by atoms with van der Waals surface area (Å²) in [6, 6.07) is 2.87. The van der Waals surface area contributed by atoms with Gasteiger partial charge in [-0.15, -0.1) is 0 Å². The van der Waals surface area contributed by atoms with E-state index in [0.717, 1.165) is 25.2 Å². The minimum atomic E-state index is -0.430. The largest absolute Gasteiger partial charge is 0.490 e. The van der Waals surface area contributed by atoms with Crippen LogP contribution in [0.2, 0.25) is 0 Å². The summed E-state index contributed by atoms with van der Waals surface area (Å²) in [6.07, 6.45) is 5.42. The summed E-state index contributed by atoms with van der Waals surface area (Å²) in [5.41, 5.74) is 6.18. The molecular formula is C16H24FNO2. The van der Waals surface area contributed by atoms with Crippen molar-refractivity contribution in [2.45, 2.75) is 52.1 Å². The summed E-state index contributed by atoms with van der Waals surface area (Å²) < 4.78 is 25.0. The van der Waals surface area contributed by atoms with Crippen molar-refractivity contribution < 1.29 is 13.9 Å². The molecule has 0 heterocycles. The zero-order valence-electron chi connectivity index (χ0n) is 12.3. The minimum absolute atomic E-state index is 0.179. The first-order valence-corrected chi connectivity index (χ1v) is 7.48. The number of hydrogen-bond donors (Lipinski definition) is 1. The molecule has 1 aromatic carbocycles. The Labute approximate surface area is 120 Å². The zero-order valence-corrected chi connectivity index (χ0v) is 12.3. The Hall–Kier alpha value is -1.45. The fourth-order valence-corrected chi connectivity index (χ4v) is 2.50. The molecule has 0 radical (unpaired) electrons. The van der Waals surface area contributed by atoms with Gasteiger partial charge in [-0.1, -0.05) is 13.8 Å². The van der Waals surface area contributed by atoms with Gasteiger partial charge in [0.25, 0.3) is 0 Å². The molecule has 1 aliphatic rings. The molecule has 2 rings (SSSR count). The molecule has 0 unspecified atom stereocenters. The van der Waals surface area contributed by atoms with Crippen molar-refractivity contribution in [3.8, 4) is 11.5 Å². The molecule has 0 bridgehead atoms. The van der Waals surface area contributed by atoms with E-state index in [-0.39, 0.29) is 11.9 Å². The Morgan fingerprint density at radius 3 is 2.55 bits per heavy atom. The lowest BCUT2D eigenvalue weighted by atomic mass is 9.89. The van der Waals surface area contributed by atoms with Crippen LogP contribution in [0.5, 0.6) is 11.5 Å². The molecule has 4 heteroatoms. The fraction of sp³-hybridized carbons (Fsp3) is 0.625. The van der Waals surface area contributed by atoms with Crippen LogP contribution in [0.3, 0.4) is 0 Å². The number of benzene rings is 1. The predicted molar refractivity (Wildman–Crippen MR) is 78.6 cm³/mol. The van der Waals surface area contributed by atoms with E-state index < -0.39 is 5.82 Å². The van der Waals surface area contributed by atoms with Crippen LogP contribution in [0, 0.1) is 11.7 Å². The van der Waals surface area contributed by atoms with Crippen molar-refractivity contribution in [2.75, 3.05) is 12.3 Å². The highest BCUT2D eigenvalue weighted by atomic mass is 19.1. The Balaban J connectivity index is 2.06. The second-order valence-corrected chi connectivity index (χ2v) is 5.67. The minimum Gasteiger partial charge on any atom is -0.490 e. The maximum Gasteiger partial charge on any atom is 0.167 e. The molecule has 0 aliphatic heterocycles. The standard InChI is InChI=1S/C16H24FNO2/c1-3-8-19-15-10-16(14(18)9-13(15)17)20-12-6-4-11(2)5-7-12/h9-12H,3-8,18H2,1-2H3. The maximum atomic E-state index is 13.7. The van der Waals surface area contributed by atoms with Gasteiger partial charge in [-0.2, -0.15) is 0 Å². The maximum absolute atomic E-state index is 13.7. The second-order valence-electron chi connectivity index (χ2n) is 5.67. The van der Waals surface area contributed by atoms with Crippen molar-refractivity contribution in [1.82, 2.24) is 0 Å². The van der Waals surface area contributed by atoms with Crippen molar-refractivity contribution >= 4 is 5.69 Å². The third kappa shape index (κ3) is 3.78. The van der Waals surface area contributed by atoms with Crippen LogP contribution in [0.1, 0.15) is 46.0 Å². The van der Waals surface area contributed by atoms with Crippen LogP contribution in [0.15, 0.2) is 12.1 Å². The average Bonchev–Trinajstić information content (AvgIpc) is 2.43. The van der Waals surface area contributed by atoms with Crippen molar-refractivity contribution in [1.29, 1.82) is 0 Å². The summed E-state index contributed by atoms with van der Waals surface area (Å²) in [7, 11) is 0. The summed E-state index contributed by atoms with van der Waals surface area (Å²) in [5.74, 6) is 1.10. The Bertz CT molecular complexity index is 442. The van der Waals surface area contributed by atoms with Crippen LogP contribution in [-0.4, -0.2) is 12.7 Å². The first kappa shape index (κ1) is 14.9. The average molecular weight is 281 g/mol. The van der Waals surface area contributed by atoms with E-state index in [0.29, 0.717) is 18.0 Å². The Morgan fingerprint density at radius 2 is 1.90 bits per heavy atom. The van der Waals surface area contributed by atoms with Gasteiger partial charge < -0.3 is 15.2 Å². The lowest BCUT2D eigenvalue weighted by Gasteiger charge is -2.27. The summed E-state index contributed by atoms with van der Waals surface area (Å²) >= 11 is 0. The molecule has 20 heavy (non-hydrogen) atoms. The molecule has 1 fully saturated rings. The number of anilines is 1. The van der Waals surface area contributed by atoms with Gasteiger partial charge in [-0.25, -0.2) is 4.39 Å². The normalized spacial score (nSPS) is 22.6.